The molecule has 1 fully saturated rings. The SMILES string of the molecule is NCN.NCN.NCN.NCN.NCNCC(O)CO.NCNCCO.OCC1CO1.OCCBr.[Na+].[OH-]. The standard InChI is InChI=1S/C4H12N2O2.C3H10N2O.C3H6O2.C2H5BrO.4CH6N2.Na.H2O/c5-3-6-1-4(8)2-7;4-3-5-1-2-6;4-1-3-2-5-3;3-1-2-4;4*2-1-3;;/h4,6-8H,1-3,5H2;5-6H,1-4H2;3-4H,1-2H2;4H,1-2H2;4*1-3H2;;1H2/q;;;;;;;;+1;/p-1. The first-order chi connectivity index (χ1) is 16.7. The van der Waals surface area contributed by atoms with Crippen LogP contribution in [0.4, 0.5) is 0 Å². The number of hydrogen-bond donors (Lipinski definition) is 17. The van der Waals surface area contributed by atoms with Crippen LogP contribution in [0.2, 0.25) is 0 Å². The van der Waals surface area contributed by atoms with Gasteiger partial charge in [-0.15, -0.1) is 0 Å². The number of aliphatic hydroxyl groups excluding tert-OH is 5. The molecule has 2 atom stereocenters. The summed E-state index contributed by atoms with van der Waals surface area (Å²) in [5, 5.41) is 46.9. The molecule has 0 saturated carbocycles. The zero-order chi connectivity index (χ0) is 29.2. The fourth-order valence-electron chi connectivity index (χ4n) is 0.669. The van der Waals surface area contributed by atoms with Crippen LogP contribution in [-0.2, 0) is 4.74 Å². The van der Waals surface area contributed by atoms with Crippen molar-refractivity contribution in [3.63, 3.8) is 0 Å². The molecule has 0 radical (unpaired) electrons. The molecule has 0 amide bonds. The second-order valence-electron chi connectivity index (χ2n) is 4.92. The number of halogens is 1. The maximum Gasteiger partial charge on any atom is 1.00 e. The van der Waals surface area contributed by atoms with Crippen molar-refractivity contribution in [2.24, 2.45) is 57.3 Å². The molecule has 0 bridgehead atoms. The van der Waals surface area contributed by atoms with Crippen molar-refractivity contribution in [2.45, 2.75) is 12.2 Å². The number of aliphatic hydroxyl groups is 5. The first-order valence-electron chi connectivity index (χ1n) is 10.4. The molecule has 28 N–H and O–H groups in total. The summed E-state index contributed by atoms with van der Waals surface area (Å²) in [4.78, 5) is 0. The van der Waals surface area contributed by atoms with Crippen LogP contribution in [0.3, 0.4) is 0 Å². The summed E-state index contributed by atoms with van der Waals surface area (Å²) < 4.78 is 4.61. The van der Waals surface area contributed by atoms with E-state index >= 15 is 0 Å². The predicted octanol–water partition coefficient (Wildman–Crippen LogP) is -11.6. The van der Waals surface area contributed by atoms with E-state index in [0.717, 1.165) is 6.61 Å². The molecule has 1 aliphatic rings. The maximum absolute atomic E-state index is 8.62. The van der Waals surface area contributed by atoms with Crippen LogP contribution in [0.25, 0.3) is 0 Å². The van der Waals surface area contributed by atoms with Gasteiger partial charge in [-0.2, -0.15) is 0 Å². The van der Waals surface area contributed by atoms with E-state index in [1.807, 2.05) is 0 Å². The molecule has 1 heterocycles. The average Bonchev–Trinajstić information content (AvgIpc) is 3.69. The zero-order valence-electron chi connectivity index (χ0n) is 22.3. The third-order valence-corrected chi connectivity index (χ3v) is 2.21. The van der Waals surface area contributed by atoms with Gasteiger partial charge in [-0.05, 0) is 0 Å². The molecule has 37 heavy (non-hydrogen) atoms. The Bertz CT molecular complexity index is 256. The molecule has 0 aromatic carbocycles. The Morgan fingerprint density at radius 1 is 0.757 bits per heavy atom. The molecule has 2 unspecified atom stereocenters. The minimum absolute atomic E-state index is 0. The summed E-state index contributed by atoms with van der Waals surface area (Å²) in [6, 6.07) is 0. The second-order valence-corrected chi connectivity index (χ2v) is 5.71. The third kappa shape index (κ3) is 179. The predicted molar refractivity (Wildman–Crippen MR) is 147 cm³/mol. The summed E-state index contributed by atoms with van der Waals surface area (Å²) in [7, 11) is 0. The van der Waals surface area contributed by atoms with E-state index in [9.17, 15) is 0 Å². The summed E-state index contributed by atoms with van der Waals surface area (Å²) in [6.07, 6.45) is -0.492. The van der Waals surface area contributed by atoms with Crippen LogP contribution < -0.4 is 97.5 Å². The van der Waals surface area contributed by atoms with E-state index in [-0.39, 0.29) is 94.2 Å². The molecule has 0 aromatic heterocycles. The van der Waals surface area contributed by atoms with Crippen LogP contribution in [0, 0.1) is 0 Å². The molecule has 1 saturated heterocycles. The van der Waals surface area contributed by atoms with Crippen molar-refractivity contribution < 1.29 is 65.3 Å². The van der Waals surface area contributed by atoms with Gasteiger partial charge >= 0.3 is 29.6 Å². The van der Waals surface area contributed by atoms with Gasteiger partial charge in [0.25, 0.3) is 0 Å². The van der Waals surface area contributed by atoms with Crippen LogP contribution in [0.1, 0.15) is 0 Å². The molecule has 232 valence electrons. The van der Waals surface area contributed by atoms with Crippen molar-refractivity contribution in [3.8, 4) is 0 Å². The number of hydrogen-bond acceptors (Lipinski definition) is 19. The second kappa shape index (κ2) is 83.3. The fraction of sp³-hybridized carbons (Fsp3) is 1.00. The minimum Gasteiger partial charge on any atom is -0.870 e. The molecule has 1 aliphatic heterocycles. The number of rotatable bonds is 9. The normalized spacial score (nSPS) is 11.8. The maximum atomic E-state index is 8.62. The van der Waals surface area contributed by atoms with Crippen molar-refractivity contribution in [1.29, 1.82) is 0 Å². The summed E-state index contributed by atoms with van der Waals surface area (Å²) in [5.74, 6) is 0. The molecule has 0 aromatic rings. The fourth-order valence-corrected chi connectivity index (χ4v) is 0.669. The van der Waals surface area contributed by atoms with Gasteiger partial charge < -0.3 is 104 Å². The number of epoxide rings is 1. The Labute approximate surface area is 252 Å². The largest absolute Gasteiger partial charge is 1.00 e. The Morgan fingerprint density at radius 2 is 1.08 bits per heavy atom. The topological polar surface area (TPSA) is 428 Å². The number of nitrogens with two attached hydrogens (primary N) is 10. The Hall–Kier alpha value is 0.720. The van der Waals surface area contributed by atoms with E-state index in [0.29, 0.717) is 31.8 Å². The first-order valence-corrected chi connectivity index (χ1v) is 11.6. The van der Waals surface area contributed by atoms with Crippen molar-refractivity contribution in [2.75, 3.05) is 91.5 Å². The van der Waals surface area contributed by atoms with Gasteiger partial charge in [-0.3, -0.25) is 0 Å². The van der Waals surface area contributed by atoms with Crippen molar-refractivity contribution in [3.05, 3.63) is 0 Å². The molecule has 19 nitrogen and oxygen atoms in total. The monoisotopic (exact) mass is 632 g/mol. The third-order valence-electron chi connectivity index (χ3n) is 1.86. The van der Waals surface area contributed by atoms with Crippen LogP contribution >= 0.6 is 15.9 Å². The van der Waals surface area contributed by atoms with Crippen molar-refractivity contribution >= 4 is 15.9 Å². The van der Waals surface area contributed by atoms with Gasteiger partial charge in [0.15, 0.2) is 0 Å². The summed E-state index contributed by atoms with van der Waals surface area (Å²) >= 11 is 3.00. The molecule has 1 rings (SSSR count). The average molecular weight is 634 g/mol. The van der Waals surface area contributed by atoms with Gasteiger partial charge in [0, 0.05) is 58.4 Å². The molecule has 0 spiro atoms. The Kier molecular flexibility index (Phi) is 139. The van der Waals surface area contributed by atoms with Gasteiger partial charge in [0.05, 0.1) is 39.1 Å². The summed E-state index contributed by atoms with van der Waals surface area (Å²) in [6.45, 7) is 3.86. The minimum atomic E-state index is -0.682. The quantitative estimate of drug-likeness (QED) is 0.0368. The van der Waals surface area contributed by atoms with E-state index in [1.165, 1.54) is 0 Å². The number of nitrogens with one attached hydrogen (secondary N) is 2. The molecule has 21 heteroatoms. The van der Waals surface area contributed by atoms with E-state index in [1.54, 1.807) is 0 Å². The number of alkyl halides is 1. The first kappa shape index (κ1) is 61.7. The van der Waals surface area contributed by atoms with E-state index in [2.05, 4.69) is 77.2 Å². The Morgan fingerprint density at radius 3 is 1.19 bits per heavy atom. The smallest absolute Gasteiger partial charge is 0.870 e. The van der Waals surface area contributed by atoms with Crippen molar-refractivity contribution in [1.82, 2.24) is 10.6 Å². The molecular weight excluding hydrogens is 575 g/mol. The van der Waals surface area contributed by atoms with Crippen LogP contribution in [0.15, 0.2) is 0 Å². The van der Waals surface area contributed by atoms with E-state index in [4.69, 9.17) is 37.0 Å². The van der Waals surface area contributed by atoms with Gasteiger partial charge in [-0.25, -0.2) is 0 Å². The molecular formula is C16H58BrN12NaO7. The molecule has 0 aliphatic carbocycles. The summed E-state index contributed by atoms with van der Waals surface area (Å²) in [5.41, 5.74) is 47.0. The van der Waals surface area contributed by atoms with Crippen LogP contribution in [-0.4, -0.2) is 135 Å². The van der Waals surface area contributed by atoms with Crippen LogP contribution in [0.5, 0.6) is 0 Å². The Balaban J connectivity index is -0.0000000354. The van der Waals surface area contributed by atoms with Gasteiger partial charge in [0.1, 0.15) is 6.10 Å². The van der Waals surface area contributed by atoms with Gasteiger partial charge in [0.2, 0.25) is 0 Å². The van der Waals surface area contributed by atoms with E-state index < -0.39 is 6.10 Å². The zero-order valence-corrected chi connectivity index (χ0v) is 25.9. The number of ether oxygens (including phenoxy) is 1. The van der Waals surface area contributed by atoms with Gasteiger partial charge in [-0.1, -0.05) is 15.9 Å².